The predicted octanol–water partition coefficient (Wildman–Crippen LogP) is 1.41. The van der Waals surface area contributed by atoms with Crippen LogP contribution in [0.1, 0.15) is 27.5 Å². The second kappa shape index (κ2) is 7.08. The van der Waals surface area contributed by atoms with Gasteiger partial charge in [0, 0.05) is 36.6 Å². The van der Waals surface area contributed by atoms with Gasteiger partial charge in [-0.1, -0.05) is 5.16 Å². The zero-order chi connectivity index (χ0) is 17.8. The fourth-order valence-electron chi connectivity index (χ4n) is 2.48. The van der Waals surface area contributed by atoms with E-state index in [1.165, 1.54) is 0 Å². The Morgan fingerprint density at radius 2 is 2.20 bits per heavy atom. The van der Waals surface area contributed by atoms with Gasteiger partial charge in [0.1, 0.15) is 5.56 Å². The standard InChI is InChI=1S/C17H17N5O3/c1-10-8-11(2)20-17(24)14(10)16(23)19-7-5-13-21-15(22-25-13)12-4-3-6-18-9-12/h3-4,6,8-9H,5,7H2,1-2H3,(H,19,23)(H,20,24). The van der Waals surface area contributed by atoms with Gasteiger partial charge in [-0.3, -0.25) is 14.6 Å². The zero-order valence-corrected chi connectivity index (χ0v) is 13.9. The molecule has 2 N–H and O–H groups in total. The third kappa shape index (κ3) is 3.79. The lowest BCUT2D eigenvalue weighted by molar-refractivity contribution is 0.0951. The van der Waals surface area contributed by atoms with Crippen LogP contribution in [0.5, 0.6) is 0 Å². The summed E-state index contributed by atoms with van der Waals surface area (Å²) in [5.41, 5.74) is 1.82. The van der Waals surface area contributed by atoms with E-state index in [4.69, 9.17) is 4.52 Å². The van der Waals surface area contributed by atoms with Crippen LogP contribution in [0.4, 0.5) is 0 Å². The van der Waals surface area contributed by atoms with Crippen molar-refractivity contribution in [2.75, 3.05) is 6.54 Å². The van der Waals surface area contributed by atoms with Crippen molar-refractivity contribution in [2.45, 2.75) is 20.3 Å². The highest BCUT2D eigenvalue weighted by molar-refractivity contribution is 5.95. The summed E-state index contributed by atoms with van der Waals surface area (Å²) in [6, 6.07) is 5.37. The van der Waals surface area contributed by atoms with Gasteiger partial charge in [-0.2, -0.15) is 4.98 Å². The van der Waals surface area contributed by atoms with Crippen LogP contribution in [0, 0.1) is 13.8 Å². The number of rotatable bonds is 5. The van der Waals surface area contributed by atoms with Crippen molar-refractivity contribution < 1.29 is 9.32 Å². The van der Waals surface area contributed by atoms with Crippen molar-refractivity contribution in [3.8, 4) is 11.4 Å². The molecule has 1 amide bonds. The molecule has 0 saturated heterocycles. The summed E-state index contributed by atoms with van der Waals surface area (Å²) >= 11 is 0. The quantitative estimate of drug-likeness (QED) is 0.726. The molecular formula is C17H17N5O3. The molecule has 128 valence electrons. The lowest BCUT2D eigenvalue weighted by atomic mass is 10.1. The number of carbonyl (C=O) groups is 1. The Morgan fingerprint density at radius 1 is 1.36 bits per heavy atom. The molecule has 0 saturated carbocycles. The topological polar surface area (TPSA) is 114 Å². The molecular weight excluding hydrogens is 322 g/mol. The van der Waals surface area contributed by atoms with E-state index in [1.807, 2.05) is 6.07 Å². The van der Waals surface area contributed by atoms with Crippen LogP contribution in [0.15, 0.2) is 39.9 Å². The average Bonchev–Trinajstić information content (AvgIpc) is 3.03. The number of aromatic amines is 1. The van der Waals surface area contributed by atoms with Crippen molar-refractivity contribution >= 4 is 5.91 Å². The van der Waals surface area contributed by atoms with Crippen LogP contribution in [-0.2, 0) is 6.42 Å². The molecule has 3 rings (SSSR count). The molecule has 0 aromatic carbocycles. The smallest absolute Gasteiger partial charge is 0.261 e. The second-order valence-corrected chi connectivity index (χ2v) is 5.60. The molecule has 0 atom stereocenters. The lowest BCUT2D eigenvalue weighted by Crippen LogP contribution is -2.32. The van der Waals surface area contributed by atoms with Gasteiger partial charge in [-0.05, 0) is 37.6 Å². The summed E-state index contributed by atoms with van der Waals surface area (Å²) in [5.74, 6) is 0.416. The molecule has 0 aliphatic carbocycles. The Kier molecular flexibility index (Phi) is 4.69. The molecule has 3 aromatic rings. The van der Waals surface area contributed by atoms with Crippen molar-refractivity contribution in [1.82, 2.24) is 25.4 Å². The van der Waals surface area contributed by atoms with E-state index in [0.29, 0.717) is 29.4 Å². The van der Waals surface area contributed by atoms with Crippen LogP contribution in [0.3, 0.4) is 0 Å². The van der Waals surface area contributed by atoms with Crippen LogP contribution in [0.25, 0.3) is 11.4 Å². The number of carbonyl (C=O) groups excluding carboxylic acids is 1. The lowest BCUT2D eigenvalue weighted by Gasteiger charge is -2.06. The SMILES string of the molecule is Cc1cc(C)c(C(=O)NCCc2nc(-c3cccnc3)no2)c(=O)[nH]1. The number of nitrogens with one attached hydrogen (secondary N) is 2. The number of nitrogens with zero attached hydrogens (tertiary/aromatic N) is 3. The first kappa shape index (κ1) is 16.6. The minimum absolute atomic E-state index is 0.118. The Balaban J connectivity index is 1.61. The maximum atomic E-state index is 12.2. The number of pyridine rings is 2. The summed E-state index contributed by atoms with van der Waals surface area (Å²) in [7, 11) is 0. The summed E-state index contributed by atoms with van der Waals surface area (Å²) in [4.78, 5) is 35.0. The highest BCUT2D eigenvalue weighted by Crippen LogP contribution is 2.13. The molecule has 0 bridgehead atoms. The Hall–Kier alpha value is -3.29. The largest absolute Gasteiger partial charge is 0.351 e. The first-order valence-electron chi connectivity index (χ1n) is 7.76. The summed E-state index contributed by atoms with van der Waals surface area (Å²) < 4.78 is 5.16. The Bertz CT molecular complexity index is 946. The van der Waals surface area contributed by atoms with Crippen LogP contribution < -0.4 is 10.9 Å². The summed E-state index contributed by atoms with van der Waals surface area (Å²) in [6.45, 7) is 3.78. The zero-order valence-electron chi connectivity index (χ0n) is 13.9. The van der Waals surface area contributed by atoms with Gasteiger partial charge in [-0.25, -0.2) is 0 Å². The molecule has 8 nitrogen and oxygen atoms in total. The highest BCUT2D eigenvalue weighted by atomic mass is 16.5. The number of aryl methyl sites for hydroxylation is 2. The number of hydrogen-bond acceptors (Lipinski definition) is 6. The monoisotopic (exact) mass is 339 g/mol. The van der Waals surface area contributed by atoms with Gasteiger partial charge in [-0.15, -0.1) is 0 Å². The van der Waals surface area contributed by atoms with Gasteiger partial charge < -0.3 is 14.8 Å². The number of H-pyrrole nitrogens is 1. The molecule has 0 fully saturated rings. The maximum Gasteiger partial charge on any atom is 0.261 e. The highest BCUT2D eigenvalue weighted by Gasteiger charge is 2.15. The van der Waals surface area contributed by atoms with Crippen LogP contribution in [-0.4, -0.2) is 32.6 Å². The van der Waals surface area contributed by atoms with E-state index in [1.54, 1.807) is 38.4 Å². The number of amides is 1. The third-order valence-corrected chi connectivity index (χ3v) is 3.60. The van der Waals surface area contributed by atoms with Crippen molar-refractivity contribution in [2.24, 2.45) is 0 Å². The molecule has 3 aromatic heterocycles. The minimum atomic E-state index is -0.425. The first-order valence-corrected chi connectivity index (χ1v) is 7.76. The summed E-state index contributed by atoms with van der Waals surface area (Å²) in [5, 5.41) is 6.59. The molecule has 0 aliphatic rings. The number of hydrogen-bond donors (Lipinski definition) is 2. The first-order chi connectivity index (χ1) is 12.0. The van der Waals surface area contributed by atoms with Crippen LogP contribution >= 0.6 is 0 Å². The fraction of sp³-hybridized carbons (Fsp3) is 0.235. The fourth-order valence-corrected chi connectivity index (χ4v) is 2.48. The van der Waals surface area contributed by atoms with E-state index in [9.17, 15) is 9.59 Å². The van der Waals surface area contributed by atoms with Crippen molar-refractivity contribution in [3.63, 3.8) is 0 Å². The molecule has 0 spiro atoms. The van der Waals surface area contributed by atoms with E-state index < -0.39 is 11.5 Å². The Labute approximate surface area is 143 Å². The molecule has 0 radical (unpaired) electrons. The molecule has 0 aliphatic heterocycles. The molecule has 3 heterocycles. The van der Waals surface area contributed by atoms with Crippen molar-refractivity contribution in [1.29, 1.82) is 0 Å². The number of aromatic nitrogens is 4. The Morgan fingerprint density at radius 3 is 2.92 bits per heavy atom. The van der Waals surface area contributed by atoms with Crippen LogP contribution in [0.2, 0.25) is 0 Å². The van der Waals surface area contributed by atoms with Crippen molar-refractivity contribution in [3.05, 3.63) is 63.7 Å². The predicted molar refractivity (Wildman–Crippen MR) is 90.1 cm³/mol. The average molecular weight is 339 g/mol. The van der Waals surface area contributed by atoms with E-state index in [0.717, 1.165) is 5.56 Å². The maximum absolute atomic E-state index is 12.2. The van der Waals surface area contributed by atoms with Gasteiger partial charge in [0.15, 0.2) is 0 Å². The normalized spacial score (nSPS) is 10.6. The van der Waals surface area contributed by atoms with Gasteiger partial charge in [0.25, 0.3) is 11.5 Å². The van der Waals surface area contributed by atoms with Gasteiger partial charge in [0.2, 0.25) is 11.7 Å². The minimum Gasteiger partial charge on any atom is -0.351 e. The van der Waals surface area contributed by atoms with Gasteiger partial charge in [0.05, 0.1) is 0 Å². The third-order valence-electron chi connectivity index (χ3n) is 3.60. The molecule has 0 unspecified atom stereocenters. The van der Waals surface area contributed by atoms with E-state index in [-0.39, 0.29) is 12.1 Å². The summed E-state index contributed by atoms with van der Waals surface area (Å²) in [6.07, 6.45) is 3.67. The molecule has 25 heavy (non-hydrogen) atoms. The van der Waals surface area contributed by atoms with E-state index >= 15 is 0 Å². The molecule has 8 heteroatoms. The van der Waals surface area contributed by atoms with Gasteiger partial charge >= 0.3 is 0 Å². The van der Waals surface area contributed by atoms with E-state index in [2.05, 4.69) is 25.4 Å². The second-order valence-electron chi connectivity index (χ2n) is 5.60.